The monoisotopic (exact) mass is 252 g/mol. The Morgan fingerprint density at radius 1 is 1.41 bits per heavy atom. The summed E-state index contributed by atoms with van der Waals surface area (Å²) in [5, 5.41) is 8.23. The minimum absolute atomic E-state index is 0.418. The summed E-state index contributed by atoms with van der Waals surface area (Å²) in [6, 6.07) is 1.49. The van der Waals surface area contributed by atoms with Gasteiger partial charge in [-0.15, -0.1) is 0 Å². The minimum atomic E-state index is -4.07. The van der Waals surface area contributed by atoms with E-state index < -0.39 is 41.3 Å². The van der Waals surface area contributed by atoms with Crippen molar-refractivity contribution in [3.8, 4) is 5.75 Å². The summed E-state index contributed by atoms with van der Waals surface area (Å²) >= 11 is 0. The Morgan fingerprint density at radius 2 is 2.00 bits per heavy atom. The highest BCUT2D eigenvalue weighted by Crippen LogP contribution is 2.30. The van der Waals surface area contributed by atoms with Gasteiger partial charge in [-0.25, -0.2) is 9.18 Å². The maximum Gasteiger partial charge on any atom is 0.374 e. The van der Waals surface area contributed by atoms with Crippen LogP contribution in [0.25, 0.3) is 0 Å². The van der Waals surface area contributed by atoms with Gasteiger partial charge in [0, 0.05) is 5.56 Å². The Bertz CT molecular complexity index is 445. The zero-order chi connectivity index (χ0) is 13.2. The zero-order valence-electron chi connectivity index (χ0n) is 8.64. The van der Waals surface area contributed by atoms with E-state index in [1.807, 2.05) is 0 Å². The second kappa shape index (κ2) is 4.60. The number of aliphatic carboxylic acids is 1. The Morgan fingerprint density at radius 3 is 2.47 bits per heavy atom. The SMILES string of the molecule is COc1c(CC(F)(F)C(=O)O)ccc(F)c1F. The number of methoxy groups -OCH3 is 1. The molecule has 1 aromatic carbocycles. The third-order valence-electron chi connectivity index (χ3n) is 2.06. The van der Waals surface area contributed by atoms with E-state index in [4.69, 9.17) is 5.11 Å². The number of ether oxygens (including phenoxy) is 1. The lowest BCUT2D eigenvalue weighted by molar-refractivity contribution is -0.164. The number of carboxylic acids is 1. The zero-order valence-corrected chi connectivity index (χ0v) is 8.64. The van der Waals surface area contributed by atoms with Gasteiger partial charge in [0.15, 0.2) is 11.6 Å². The van der Waals surface area contributed by atoms with Crippen LogP contribution in [0.4, 0.5) is 17.6 Å². The van der Waals surface area contributed by atoms with E-state index in [-0.39, 0.29) is 0 Å². The fourth-order valence-corrected chi connectivity index (χ4v) is 1.25. The van der Waals surface area contributed by atoms with Crippen LogP contribution < -0.4 is 4.74 Å². The van der Waals surface area contributed by atoms with E-state index in [1.54, 1.807) is 0 Å². The number of hydrogen-bond donors (Lipinski definition) is 1. The van der Waals surface area contributed by atoms with Gasteiger partial charge in [-0.05, 0) is 6.07 Å². The molecular weight excluding hydrogens is 244 g/mol. The van der Waals surface area contributed by atoms with Gasteiger partial charge in [0.1, 0.15) is 0 Å². The van der Waals surface area contributed by atoms with Gasteiger partial charge in [0.25, 0.3) is 0 Å². The predicted molar refractivity (Wildman–Crippen MR) is 49.2 cm³/mol. The average molecular weight is 252 g/mol. The molecule has 17 heavy (non-hydrogen) atoms. The molecule has 0 unspecified atom stereocenters. The lowest BCUT2D eigenvalue weighted by Gasteiger charge is -2.14. The van der Waals surface area contributed by atoms with E-state index in [9.17, 15) is 22.4 Å². The number of alkyl halides is 2. The lowest BCUT2D eigenvalue weighted by Crippen LogP contribution is -2.30. The fraction of sp³-hybridized carbons (Fsp3) is 0.300. The van der Waals surface area contributed by atoms with Gasteiger partial charge in [-0.2, -0.15) is 13.2 Å². The molecule has 0 saturated heterocycles. The van der Waals surface area contributed by atoms with Gasteiger partial charge in [0.2, 0.25) is 5.82 Å². The first-order valence-electron chi connectivity index (χ1n) is 4.41. The molecule has 0 saturated carbocycles. The van der Waals surface area contributed by atoms with Crippen molar-refractivity contribution in [2.24, 2.45) is 0 Å². The highest BCUT2D eigenvalue weighted by molar-refractivity contribution is 5.75. The smallest absolute Gasteiger partial charge is 0.374 e. The van der Waals surface area contributed by atoms with Crippen LogP contribution in [0.1, 0.15) is 5.56 Å². The maximum atomic E-state index is 13.1. The molecule has 0 heterocycles. The molecular formula is C10H8F4O3. The number of carboxylic acid groups (broad SMARTS) is 1. The van der Waals surface area contributed by atoms with Crippen molar-refractivity contribution in [3.63, 3.8) is 0 Å². The fourth-order valence-electron chi connectivity index (χ4n) is 1.25. The molecule has 0 amide bonds. The van der Waals surface area contributed by atoms with Crippen molar-refractivity contribution < 1.29 is 32.2 Å². The molecule has 0 aliphatic carbocycles. The first-order chi connectivity index (χ1) is 7.79. The molecule has 0 aliphatic rings. The van der Waals surface area contributed by atoms with Crippen molar-refractivity contribution >= 4 is 5.97 Å². The van der Waals surface area contributed by atoms with Crippen LogP contribution in [0, 0.1) is 11.6 Å². The Hall–Kier alpha value is -1.79. The number of hydrogen-bond acceptors (Lipinski definition) is 2. The van der Waals surface area contributed by atoms with E-state index in [0.717, 1.165) is 13.2 Å². The van der Waals surface area contributed by atoms with Crippen LogP contribution in [0.5, 0.6) is 5.75 Å². The van der Waals surface area contributed by atoms with E-state index in [1.165, 1.54) is 0 Å². The van der Waals surface area contributed by atoms with Gasteiger partial charge >= 0.3 is 11.9 Å². The quantitative estimate of drug-likeness (QED) is 0.836. The molecule has 0 aliphatic heterocycles. The van der Waals surface area contributed by atoms with Crippen LogP contribution in [0.3, 0.4) is 0 Å². The number of benzene rings is 1. The van der Waals surface area contributed by atoms with Crippen LogP contribution in [0.2, 0.25) is 0 Å². The standard InChI is InChI=1S/C10H8F4O3/c1-17-8-5(2-3-6(11)7(8)12)4-10(13,14)9(15)16/h2-3H,4H2,1H3,(H,15,16). The van der Waals surface area contributed by atoms with Crippen LogP contribution in [-0.2, 0) is 11.2 Å². The third-order valence-corrected chi connectivity index (χ3v) is 2.06. The van der Waals surface area contributed by atoms with Crippen LogP contribution in [-0.4, -0.2) is 24.1 Å². The summed E-state index contributed by atoms with van der Waals surface area (Å²) in [6.45, 7) is 0. The molecule has 0 atom stereocenters. The van der Waals surface area contributed by atoms with Crippen molar-refractivity contribution in [3.05, 3.63) is 29.3 Å². The van der Waals surface area contributed by atoms with Gasteiger partial charge in [0.05, 0.1) is 13.5 Å². The molecule has 94 valence electrons. The Kier molecular flexibility index (Phi) is 3.59. The molecule has 1 N–H and O–H groups in total. The first-order valence-corrected chi connectivity index (χ1v) is 4.41. The normalized spacial score (nSPS) is 11.4. The van der Waals surface area contributed by atoms with Crippen LogP contribution >= 0.6 is 0 Å². The maximum absolute atomic E-state index is 13.1. The number of rotatable bonds is 4. The molecule has 0 fully saturated rings. The molecule has 1 rings (SSSR count). The summed E-state index contributed by atoms with van der Waals surface area (Å²) in [7, 11) is 0.972. The van der Waals surface area contributed by atoms with Crippen LogP contribution in [0.15, 0.2) is 12.1 Å². The van der Waals surface area contributed by atoms with Crippen molar-refractivity contribution in [2.75, 3.05) is 7.11 Å². The largest absolute Gasteiger partial charge is 0.493 e. The summed E-state index contributed by atoms with van der Waals surface area (Å²) in [5.41, 5.74) is -0.418. The molecule has 0 bridgehead atoms. The Balaban J connectivity index is 3.16. The third kappa shape index (κ3) is 2.66. The molecule has 1 aromatic rings. The van der Waals surface area contributed by atoms with Crippen molar-refractivity contribution in [1.29, 1.82) is 0 Å². The summed E-state index contributed by atoms with van der Waals surface area (Å²) < 4.78 is 56.2. The summed E-state index contributed by atoms with van der Waals surface area (Å²) in [6.07, 6.45) is -1.28. The topological polar surface area (TPSA) is 46.5 Å². The highest BCUT2D eigenvalue weighted by Gasteiger charge is 2.40. The van der Waals surface area contributed by atoms with Gasteiger partial charge in [-0.3, -0.25) is 0 Å². The average Bonchev–Trinajstić information content (AvgIpc) is 2.23. The highest BCUT2D eigenvalue weighted by atomic mass is 19.3. The summed E-state index contributed by atoms with van der Waals surface area (Å²) in [4.78, 5) is 10.2. The van der Waals surface area contributed by atoms with E-state index in [2.05, 4.69) is 4.74 Å². The lowest BCUT2D eigenvalue weighted by atomic mass is 10.1. The second-order valence-electron chi connectivity index (χ2n) is 3.24. The molecule has 7 heteroatoms. The molecule has 0 spiro atoms. The van der Waals surface area contributed by atoms with Crippen molar-refractivity contribution in [1.82, 2.24) is 0 Å². The van der Waals surface area contributed by atoms with Gasteiger partial charge < -0.3 is 9.84 Å². The number of halogens is 4. The van der Waals surface area contributed by atoms with E-state index >= 15 is 0 Å². The molecule has 0 aromatic heterocycles. The summed E-state index contributed by atoms with van der Waals surface area (Å²) in [5.74, 6) is -9.82. The predicted octanol–water partition coefficient (Wildman–Crippen LogP) is 2.24. The Labute approximate surface area is 93.6 Å². The van der Waals surface area contributed by atoms with E-state index in [0.29, 0.717) is 6.07 Å². The van der Waals surface area contributed by atoms with Gasteiger partial charge in [-0.1, -0.05) is 6.07 Å². The second-order valence-corrected chi connectivity index (χ2v) is 3.24. The number of carbonyl (C=O) groups is 1. The van der Waals surface area contributed by atoms with Crippen molar-refractivity contribution in [2.45, 2.75) is 12.3 Å². The first kappa shape index (κ1) is 13.3. The molecule has 0 radical (unpaired) electrons. The molecule has 3 nitrogen and oxygen atoms in total. The minimum Gasteiger partial charge on any atom is -0.493 e.